The Labute approximate surface area is 143 Å². The normalized spacial score (nSPS) is 12.3. The van der Waals surface area contributed by atoms with Gasteiger partial charge in [0.1, 0.15) is 12.4 Å². The summed E-state index contributed by atoms with van der Waals surface area (Å²) < 4.78 is 10.2. The molecule has 2 rings (SSSR count). The Balaban J connectivity index is 2.14. The highest BCUT2D eigenvalue weighted by molar-refractivity contribution is 14.1. The third kappa shape index (κ3) is 3.83. The van der Waals surface area contributed by atoms with E-state index in [0.717, 1.165) is 16.7 Å². The van der Waals surface area contributed by atoms with Crippen LogP contribution in [0.25, 0.3) is 11.0 Å². The van der Waals surface area contributed by atoms with E-state index in [2.05, 4.69) is 80.8 Å². The predicted octanol–water partition coefficient (Wildman–Crippen LogP) is 5.02. The Hall–Kier alpha value is 0.0769. The maximum Gasteiger partial charge on any atom is 0.143 e. The summed E-state index contributed by atoms with van der Waals surface area (Å²) in [5.41, 5.74) is 2.24. The molecule has 0 unspecified atom stereocenters. The van der Waals surface area contributed by atoms with E-state index in [4.69, 9.17) is 4.74 Å². The second-order valence-corrected chi connectivity index (χ2v) is 13.9. The molecule has 2 aromatic heterocycles. The first-order chi connectivity index (χ1) is 9.29. The molecular weight excluding hydrogens is 447 g/mol. The van der Waals surface area contributed by atoms with Gasteiger partial charge in [0.25, 0.3) is 0 Å². The number of aromatic nitrogens is 2. The van der Waals surface area contributed by atoms with Crippen LogP contribution in [0.15, 0.2) is 16.9 Å². The summed E-state index contributed by atoms with van der Waals surface area (Å²) in [4.78, 5) is 4.53. The molecule has 0 radical (unpaired) electrons. The van der Waals surface area contributed by atoms with Gasteiger partial charge in [0.05, 0.1) is 0 Å². The summed E-state index contributed by atoms with van der Waals surface area (Å²) in [5, 5.41) is 1.22. The van der Waals surface area contributed by atoms with Gasteiger partial charge in [-0.15, -0.1) is 0 Å². The number of halogens is 2. The minimum Gasteiger partial charge on any atom is -0.361 e. The largest absolute Gasteiger partial charge is 0.361 e. The number of hydrogen-bond acceptors (Lipinski definition) is 2. The van der Waals surface area contributed by atoms with Crippen molar-refractivity contribution in [3.8, 4) is 0 Å². The topological polar surface area (TPSA) is 27.1 Å². The third-order valence-electron chi connectivity index (χ3n) is 3.26. The number of fused-ring (bicyclic) bond motifs is 1. The molecule has 0 amide bonds. The van der Waals surface area contributed by atoms with E-state index in [1.807, 2.05) is 6.20 Å². The molecule has 0 bridgehead atoms. The van der Waals surface area contributed by atoms with Gasteiger partial charge in [0.15, 0.2) is 0 Å². The molecule has 0 saturated heterocycles. The first kappa shape index (κ1) is 16.4. The van der Waals surface area contributed by atoms with Crippen LogP contribution in [-0.4, -0.2) is 24.2 Å². The van der Waals surface area contributed by atoms with E-state index >= 15 is 0 Å². The zero-order valence-corrected chi connectivity index (χ0v) is 17.1. The molecule has 0 aliphatic rings. The van der Waals surface area contributed by atoms with Crippen LogP contribution in [-0.2, 0) is 11.5 Å². The lowest BCUT2D eigenvalue weighted by atomic mass is 10.2. The summed E-state index contributed by atoms with van der Waals surface area (Å²) in [6.45, 7) is 10.6. The van der Waals surface area contributed by atoms with Crippen molar-refractivity contribution in [2.24, 2.45) is 0 Å². The maximum absolute atomic E-state index is 5.83. The van der Waals surface area contributed by atoms with E-state index in [1.165, 1.54) is 20.6 Å². The number of pyridine rings is 1. The molecule has 0 saturated carbocycles. The van der Waals surface area contributed by atoms with Gasteiger partial charge in [0, 0.05) is 40.5 Å². The summed E-state index contributed by atoms with van der Waals surface area (Å²) >= 11 is 5.91. The predicted molar refractivity (Wildman–Crippen MR) is 99.0 cm³/mol. The Morgan fingerprint density at radius 2 is 2.10 bits per heavy atom. The van der Waals surface area contributed by atoms with Gasteiger partial charge in [-0.05, 0) is 57.1 Å². The van der Waals surface area contributed by atoms with Gasteiger partial charge < -0.3 is 9.30 Å². The van der Waals surface area contributed by atoms with E-state index in [1.54, 1.807) is 0 Å². The quantitative estimate of drug-likeness (QED) is 0.351. The molecule has 2 aromatic rings. The van der Waals surface area contributed by atoms with Gasteiger partial charge in [-0.2, -0.15) is 0 Å². The highest BCUT2D eigenvalue weighted by atomic mass is 127. The molecule has 0 aliphatic carbocycles. The van der Waals surface area contributed by atoms with Crippen LogP contribution < -0.4 is 0 Å². The maximum atomic E-state index is 5.83. The van der Waals surface area contributed by atoms with Crippen LogP contribution in [0.4, 0.5) is 0 Å². The van der Waals surface area contributed by atoms with Crippen molar-refractivity contribution in [3.05, 3.63) is 26.0 Å². The van der Waals surface area contributed by atoms with E-state index in [9.17, 15) is 0 Å². The first-order valence-corrected chi connectivity index (χ1v) is 12.2. The van der Waals surface area contributed by atoms with Crippen molar-refractivity contribution in [3.63, 3.8) is 0 Å². The smallest absolute Gasteiger partial charge is 0.143 e. The molecule has 0 fully saturated rings. The molecule has 0 N–H and O–H groups in total. The second-order valence-electron chi connectivity index (χ2n) is 6.22. The summed E-state index contributed by atoms with van der Waals surface area (Å²) in [5.74, 6) is 0. The van der Waals surface area contributed by atoms with Gasteiger partial charge in [-0.25, -0.2) is 4.98 Å². The fraction of sp³-hybridized carbons (Fsp3) is 0.500. The van der Waals surface area contributed by atoms with Gasteiger partial charge in [0.2, 0.25) is 0 Å². The number of aryl methyl sites for hydroxylation is 1. The van der Waals surface area contributed by atoms with Crippen LogP contribution in [0.3, 0.4) is 0 Å². The standard InChI is InChI=1S/C14H20BrIN2OSi/c1-10-11(15)7-17-14-13(10)12(16)8-18(14)9-19-5-6-20(2,3)4/h7-8H,5-6,9H2,1-4H3. The van der Waals surface area contributed by atoms with Crippen LogP contribution >= 0.6 is 38.5 Å². The van der Waals surface area contributed by atoms with Crippen molar-refractivity contribution < 1.29 is 4.74 Å². The summed E-state index contributed by atoms with van der Waals surface area (Å²) in [6, 6.07) is 1.20. The van der Waals surface area contributed by atoms with Gasteiger partial charge in [-0.3, -0.25) is 0 Å². The minimum absolute atomic E-state index is 0.581. The number of nitrogens with zero attached hydrogens (tertiary/aromatic N) is 2. The van der Waals surface area contributed by atoms with Gasteiger partial charge in [-0.1, -0.05) is 19.6 Å². The molecular formula is C14H20BrIN2OSi. The second kappa shape index (κ2) is 6.45. The summed E-state index contributed by atoms with van der Waals surface area (Å²) in [6.07, 6.45) is 3.98. The molecule has 0 atom stereocenters. The molecule has 2 heterocycles. The van der Waals surface area contributed by atoms with Crippen LogP contribution in [0.5, 0.6) is 0 Å². The van der Waals surface area contributed by atoms with Gasteiger partial charge >= 0.3 is 0 Å². The Kier molecular flexibility index (Phi) is 5.31. The number of rotatable bonds is 5. The van der Waals surface area contributed by atoms with E-state index < -0.39 is 8.07 Å². The average Bonchev–Trinajstić information content (AvgIpc) is 2.66. The fourth-order valence-corrected chi connectivity index (χ4v) is 4.01. The third-order valence-corrected chi connectivity index (χ3v) is 6.59. The molecule has 110 valence electrons. The van der Waals surface area contributed by atoms with Crippen LogP contribution in [0.2, 0.25) is 25.7 Å². The first-order valence-electron chi connectivity index (χ1n) is 6.67. The molecule has 3 nitrogen and oxygen atoms in total. The van der Waals surface area contributed by atoms with Crippen molar-refractivity contribution in [2.45, 2.75) is 39.3 Å². The van der Waals surface area contributed by atoms with Crippen molar-refractivity contribution in [2.75, 3.05) is 6.61 Å². The Morgan fingerprint density at radius 1 is 1.40 bits per heavy atom. The van der Waals surface area contributed by atoms with E-state index in [0.29, 0.717) is 6.73 Å². The molecule has 0 aliphatic heterocycles. The number of ether oxygens (including phenoxy) is 1. The highest BCUT2D eigenvalue weighted by Gasteiger charge is 2.14. The molecule has 0 aromatic carbocycles. The van der Waals surface area contributed by atoms with Crippen molar-refractivity contribution in [1.82, 2.24) is 9.55 Å². The van der Waals surface area contributed by atoms with E-state index in [-0.39, 0.29) is 0 Å². The van der Waals surface area contributed by atoms with Crippen molar-refractivity contribution >= 4 is 57.6 Å². The summed E-state index contributed by atoms with van der Waals surface area (Å²) in [7, 11) is -1.02. The number of hydrogen-bond donors (Lipinski definition) is 0. The van der Waals surface area contributed by atoms with Crippen LogP contribution in [0.1, 0.15) is 5.56 Å². The average molecular weight is 467 g/mol. The lowest BCUT2D eigenvalue weighted by molar-refractivity contribution is 0.0898. The molecule has 6 heteroatoms. The lowest BCUT2D eigenvalue weighted by Gasteiger charge is -2.15. The van der Waals surface area contributed by atoms with Crippen LogP contribution in [0, 0.1) is 10.5 Å². The fourth-order valence-electron chi connectivity index (χ4n) is 1.97. The zero-order chi connectivity index (χ0) is 14.9. The van der Waals surface area contributed by atoms with Crippen molar-refractivity contribution in [1.29, 1.82) is 0 Å². The molecule has 0 spiro atoms. The Morgan fingerprint density at radius 3 is 2.75 bits per heavy atom. The lowest BCUT2D eigenvalue weighted by Crippen LogP contribution is -2.22. The minimum atomic E-state index is -1.02. The monoisotopic (exact) mass is 466 g/mol. The Bertz CT molecular complexity index is 622. The SMILES string of the molecule is Cc1c(Br)cnc2c1c(I)cn2COCC[Si](C)(C)C. The molecule has 20 heavy (non-hydrogen) atoms. The highest BCUT2D eigenvalue weighted by Crippen LogP contribution is 2.29. The zero-order valence-electron chi connectivity index (χ0n) is 12.3.